The summed E-state index contributed by atoms with van der Waals surface area (Å²) < 4.78 is 19.4. The molecule has 1 aliphatic heterocycles. The van der Waals surface area contributed by atoms with E-state index in [1.165, 1.54) is 29.6 Å². The first-order valence-corrected chi connectivity index (χ1v) is 8.86. The summed E-state index contributed by atoms with van der Waals surface area (Å²) >= 11 is 0. The maximum Gasteiger partial charge on any atom is 0.246 e. The van der Waals surface area contributed by atoms with E-state index in [1.54, 1.807) is 0 Å². The summed E-state index contributed by atoms with van der Waals surface area (Å²) in [6.07, 6.45) is 4.55. The van der Waals surface area contributed by atoms with Crippen LogP contribution in [0.5, 0.6) is 0 Å². The van der Waals surface area contributed by atoms with E-state index in [-0.39, 0.29) is 30.6 Å². The van der Waals surface area contributed by atoms with Crippen molar-refractivity contribution < 1.29 is 13.7 Å². The molecule has 1 aliphatic rings. The molecule has 3 aromatic rings. The SMILES string of the molecule is C=CC(=O)N1CC[C@@H](F)[C@@H](Nc2nc(Nc3cnoc3)nc3[nH]cc(C#N)c23)C1. The minimum atomic E-state index is -1.19. The summed E-state index contributed by atoms with van der Waals surface area (Å²) in [7, 11) is 0. The molecule has 4 rings (SSSR count). The number of aromatic nitrogens is 4. The van der Waals surface area contributed by atoms with Crippen molar-refractivity contribution in [3.05, 3.63) is 36.9 Å². The van der Waals surface area contributed by atoms with Crippen LogP contribution in [-0.2, 0) is 4.79 Å². The number of halogens is 1. The van der Waals surface area contributed by atoms with Gasteiger partial charge in [-0.05, 0) is 12.5 Å². The number of nitrogens with zero attached hydrogens (tertiary/aromatic N) is 5. The molecule has 1 fully saturated rings. The molecule has 0 saturated carbocycles. The highest BCUT2D eigenvalue weighted by molar-refractivity contribution is 5.94. The van der Waals surface area contributed by atoms with Gasteiger partial charge in [-0.2, -0.15) is 15.2 Å². The molecule has 3 aromatic heterocycles. The van der Waals surface area contributed by atoms with E-state index in [9.17, 15) is 14.4 Å². The molecule has 0 aliphatic carbocycles. The molecule has 0 radical (unpaired) electrons. The van der Waals surface area contributed by atoms with Crippen molar-refractivity contribution in [2.75, 3.05) is 23.7 Å². The summed E-state index contributed by atoms with van der Waals surface area (Å²) in [6.45, 7) is 3.95. The Kier molecular flexibility index (Phi) is 4.82. The number of nitriles is 1. The number of carbonyl (C=O) groups is 1. The van der Waals surface area contributed by atoms with Crippen molar-refractivity contribution >= 4 is 34.4 Å². The first-order chi connectivity index (χ1) is 14.1. The summed E-state index contributed by atoms with van der Waals surface area (Å²) in [5.41, 5.74) is 1.26. The second-order valence-corrected chi connectivity index (χ2v) is 6.52. The molecule has 29 heavy (non-hydrogen) atoms. The number of amides is 1. The van der Waals surface area contributed by atoms with Gasteiger partial charge in [-0.1, -0.05) is 11.7 Å². The maximum atomic E-state index is 14.6. The fourth-order valence-corrected chi connectivity index (χ4v) is 3.24. The number of aromatic amines is 1. The molecule has 3 N–H and O–H groups in total. The Morgan fingerprint density at radius 2 is 2.38 bits per heavy atom. The number of nitrogens with one attached hydrogen (secondary N) is 3. The van der Waals surface area contributed by atoms with Crippen LogP contribution in [0.3, 0.4) is 0 Å². The average molecular weight is 396 g/mol. The monoisotopic (exact) mass is 396 g/mol. The van der Waals surface area contributed by atoms with Gasteiger partial charge >= 0.3 is 0 Å². The zero-order valence-electron chi connectivity index (χ0n) is 15.2. The molecule has 148 valence electrons. The van der Waals surface area contributed by atoms with Crippen molar-refractivity contribution in [2.45, 2.75) is 18.6 Å². The van der Waals surface area contributed by atoms with Crippen LogP contribution in [0.4, 0.5) is 21.8 Å². The molecule has 0 spiro atoms. The van der Waals surface area contributed by atoms with Crippen molar-refractivity contribution in [3.8, 4) is 6.07 Å². The predicted molar refractivity (Wildman–Crippen MR) is 102 cm³/mol. The van der Waals surface area contributed by atoms with Gasteiger partial charge in [-0.25, -0.2) is 4.39 Å². The van der Waals surface area contributed by atoms with Gasteiger partial charge in [-0.15, -0.1) is 0 Å². The molecule has 0 bridgehead atoms. The van der Waals surface area contributed by atoms with E-state index in [0.717, 1.165) is 0 Å². The average Bonchev–Trinajstić information content (AvgIpc) is 3.38. The fourth-order valence-electron chi connectivity index (χ4n) is 3.24. The van der Waals surface area contributed by atoms with Gasteiger partial charge in [-0.3, -0.25) is 4.79 Å². The van der Waals surface area contributed by atoms with Crippen LogP contribution in [0, 0.1) is 11.3 Å². The fraction of sp³-hybridized carbons (Fsp3) is 0.278. The Balaban J connectivity index is 1.69. The van der Waals surface area contributed by atoms with Gasteiger partial charge in [0.2, 0.25) is 11.9 Å². The minimum absolute atomic E-state index is 0.151. The molecular formula is C18H17FN8O2. The molecule has 0 unspecified atom stereocenters. The molecule has 4 heterocycles. The normalized spacial score (nSPS) is 19.0. The van der Waals surface area contributed by atoms with E-state index < -0.39 is 12.2 Å². The Morgan fingerprint density at radius 3 is 3.10 bits per heavy atom. The first kappa shape index (κ1) is 18.4. The summed E-state index contributed by atoms with van der Waals surface area (Å²) in [5, 5.41) is 19.4. The van der Waals surface area contributed by atoms with Crippen LogP contribution in [0.2, 0.25) is 0 Å². The Labute approximate surface area is 164 Å². The maximum absolute atomic E-state index is 14.6. The third-order valence-electron chi connectivity index (χ3n) is 4.68. The number of piperidine rings is 1. The number of H-pyrrole nitrogens is 1. The highest BCUT2D eigenvalue weighted by atomic mass is 19.1. The summed E-state index contributed by atoms with van der Waals surface area (Å²) in [6, 6.07) is 1.37. The zero-order chi connectivity index (χ0) is 20.4. The predicted octanol–water partition coefficient (Wildman–Crippen LogP) is 2.10. The second-order valence-electron chi connectivity index (χ2n) is 6.52. The smallest absolute Gasteiger partial charge is 0.246 e. The van der Waals surface area contributed by atoms with Crippen LogP contribution in [-0.4, -0.2) is 56.2 Å². The lowest BCUT2D eigenvalue weighted by Gasteiger charge is -2.35. The largest absolute Gasteiger partial charge is 0.363 e. The molecule has 11 heteroatoms. The topological polar surface area (TPSA) is 136 Å². The van der Waals surface area contributed by atoms with Gasteiger partial charge in [0.05, 0.1) is 23.2 Å². The van der Waals surface area contributed by atoms with Crippen molar-refractivity contribution in [1.82, 2.24) is 25.0 Å². The van der Waals surface area contributed by atoms with E-state index in [4.69, 9.17) is 4.52 Å². The number of alkyl halides is 1. The van der Waals surface area contributed by atoms with Crippen LogP contribution < -0.4 is 10.6 Å². The van der Waals surface area contributed by atoms with E-state index in [0.29, 0.717) is 28.8 Å². The Morgan fingerprint density at radius 1 is 1.52 bits per heavy atom. The lowest BCUT2D eigenvalue weighted by molar-refractivity contribution is -0.127. The third kappa shape index (κ3) is 3.60. The highest BCUT2D eigenvalue weighted by Crippen LogP contribution is 2.28. The zero-order valence-corrected chi connectivity index (χ0v) is 15.2. The van der Waals surface area contributed by atoms with E-state index in [1.807, 2.05) is 0 Å². The molecular weight excluding hydrogens is 379 g/mol. The van der Waals surface area contributed by atoms with Crippen molar-refractivity contribution in [2.24, 2.45) is 0 Å². The first-order valence-electron chi connectivity index (χ1n) is 8.86. The molecule has 2 atom stereocenters. The van der Waals surface area contributed by atoms with Crippen LogP contribution in [0.1, 0.15) is 12.0 Å². The van der Waals surface area contributed by atoms with Crippen molar-refractivity contribution in [1.29, 1.82) is 5.26 Å². The number of hydrogen-bond acceptors (Lipinski definition) is 8. The van der Waals surface area contributed by atoms with Crippen LogP contribution in [0.25, 0.3) is 11.0 Å². The molecule has 10 nitrogen and oxygen atoms in total. The molecule has 1 amide bonds. The van der Waals surface area contributed by atoms with Gasteiger partial charge in [0.25, 0.3) is 0 Å². The minimum Gasteiger partial charge on any atom is -0.363 e. The van der Waals surface area contributed by atoms with Gasteiger partial charge in [0.15, 0.2) is 0 Å². The van der Waals surface area contributed by atoms with Crippen molar-refractivity contribution in [3.63, 3.8) is 0 Å². The van der Waals surface area contributed by atoms with E-state index in [2.05, 4.69) is 43.4 Å². The lowest BCUT2D eigenvalue weighted by atomic mass is 10.0. The number of carbonyl (C=O) groups excluding carboxylic acids is 1. The van der Waals surface area contributed by atoms with Crippen LogP contribution >= 0.6 is 0 Å². The van der Waals surface area contributed by atoms with Crippen LogP contribution in [0.15, 0.2) is 35.8 Å². The highest BCUT2D eigenvalue weighted by Gasteiger charge is 2.32. The molecule has 0 aromatic carbocycles. The lowest BCUT2D eigenvalue weighted by Crippen LogP contribution is -2.50. The number of rotatable bonds is 5. The number of fused-ring (bicyclic) bond motifs is 1. The Bertz CT molecular complexity index is 1090. The van der Waals surface area contributed by atoms with Gasteiger partial charge in [0, 0.05) is 19.3 Å². The summed E-state index contributed by atoms with van der Waals surface area (Å²) in [4.78, 5) is 25.1. The second kappa shape index (κ2) is 7.59. The number of anilines is 3. The van der Waals surface area contributed by atoms with Gasteiger partial charge < -0.3 is 25.0 Å². The third-order valence-corrected chi connectivity index (χ3v) is 4.68. The number of hydrogen-bond donors (Lipinski definition) is 3. The summed E-state index contributed by atoms with van der Waals surface area (Å²) in [5.74, 6) is 0.234. The standard InChI is InChI=1S/C18H17FN8O2/c1-2-14(28)27-4-3-12(19)13(8-27)24-17-15-10(5-20)6-21-16(15)25-18(26-17)23-11-7-22-29-9-11/h2,6-7,9,12-13H,1,3-4,8H2,(H3,21,23,24,25,26)/t12-,13+/m1/s1. The number of likely N-dealkylation sites (tertiary alicyclic amines) is 1. The Hall–Kier alpha value is -3.94. The quantitative estimate of drug-likeness (QED) is 0.558. The van der Waals surface area contributed by atoms with E-state index >= 15 is 0 Å². The van der Waals surface area contributed by atoms with Gasteiger partial charge in [0.1, 0.15) is 35.7 Å². The molecule has 1 saturated heterocycles.